The zero-order chi connectivity index (χ0) is 15.4. The highest BCUT2D eigenvalue weighted by Gasteiger charge is 2.24. The standard InChI is InChI=1S/C17H18N2O2/c1-12-4-6-14(7-5-12)16(20)13(2)19(3)17(21)15-8-10-18-11-9-15/h4-11,13H,1-3H3. The van der Waals surface area contributed by atoms with Gasteiger partial charge in [0.15, 0.2) is 5.78 Å². The van der Waals surface area contributed by atoms with E-state index in [1.165, 1.54) is 4.90 Å². The Kier molecular flexibility index (Phi) is 4.48. The van der Waals surface area contributed by atoms with Gasteiger partial charge in [-0.1, -0.05) is 29.8 Å². The van der Waals surface area contributed by atoms with Crippen molar-refractivity contribution in [2.75, 3.05) is 7.05 Å². The third-order valence-electron chi connectivity index (χ3n) is 3.54. The highest BCUT2D eigenvalue weighted by Crippen LogP contribution is 2.12. The summed E-state index contributed by atoms with van der Waals surface area (Å²) in [6.45, 7) is 3.71. The molecule has 1 amide bonds. The molecule has 4 nitrogen and oxygen atoms in total. The number of ketones is 1. The van der Waals surface area contributed by atoms with Crippen molar-refractivity contribution in [3.63, 3.8) is 0 Å². The molecule has 0 spiro atoms. The number of carbonyl (C=O) groups is 2. The van der Waals surface area contributed by atoms with Gasteiger partial charge in [0.1, 0.15) is 0 Å². The molecule has 108 valence electrons. The summed E-state index contributed by atoms with van der Waals surface area (Å²) in [6, 6.07) is 10.1. The van der Waals surface area contributed by atoms with Gasteiger partial charge in [0, 0.05) is 30.6 Å². The normalized spacial score (nSPS) is 11.8. The molecule has 0 N–H and O–H groups in total. The first-order chi connectivity index (χ1) is 10.0. The third-order valence-corrected chi connectivity index (χ3v) is 3.54. The zero-order valence-corrected chi connectivity index (χ0v) is 12.4. The van der Waals surface area contributed by atoms with Gasteiger partial charge in [-0.3, -0.25) is 14.6 Å². The number of nitrogens with zero attached hydrogens (tertiary/aromatic N) is 2. The lowest BCUT2D eigenvalue weighted by atomic mass is 10.0. The Morgan fingerprint density at radius 3 is 2.14 bits per heavy atom. The Hall–Kier alpha value is -2.49. The first kappa shape index (κ1) is 14.9. The first-order valence-corrected chi connectivity index (χ1v) is 6.79. The molecule has 0 fully saturated rings. The maximum atomic E-state index is 12.4. The number of Topliss-reactive ketones (excluding diaryl/α,β-unsaturated/α-hetero) is 1. The van der Waals surface area contributed by atoms with Crippen LogP contribution in [0.25, 0.3) is 0 Å². The summed E-state index contributed by atoms with van der Waals surface area (Å²) in [5.74, 6) is -0.259. The molecule has 4 heteroatoms. The van der Waals surface area contributed by atoms with Gasteiger partial charge in [-0.25, -0.2) is 0 Å². The van der Waals surface area contributed by atoms with E-state index in [1.807, 2.05) is 19.1 Å². The minimum Gasteiger partial charge on any atom is -0.332 e. The molecule has 0 bridgehead atoms. The Labute approximate surface area is 124 Å². The van der Waals surface area contributed by atoms with Crippen LogP contribution in [0.1, 0.15) is 33.2 Å². The second-order valence-corrected chi connectivity index (χ2v) is 5.06. The summed E-state index contributed by atoms with van der Waals surface area (Å²) in [4.78, 5) is 30.1. The van der Waals surface area contributed by atoms with Gasteiger partial charge in [0.25, 0.3) is 5.91 Å². The summed E-state index contributed by atoms with van der Waals surface area (Å²) in [5, 5.41) is 0. The Bertz CT molecular complexity index is 636. The molecule has 1 atom stereocenters. The van der Waals surface area contributed by atoms with E-state index in [1.54, 1.807) is 50.6 Å². The third kappa shape index (κ3) is 3.34. The zero-order valence-electron chi connectivity index (χ0n) is 12.4. The van der Waals surface area contributed by atoms with Crippen LogP contribution < -0.4 is 0 Å². The van der Waals surface area contributed by atoms with E-state index in [2.05, 4.69) is 4.98 Å². The van der Waals surface area contributed by atoms with Gasteiger partial charge in [-0.15, -0.1) is 0 Å². The van der Waals surface area contributed by atoms with E-state index in [0.717, 1.165) is 5.56 Å². The van der Waals surface area contributed by atoms with Crippen LogP contribution >= 0.6 is 0 Å². The maximum absolute atomic E-state index is 12.4. The van der Waals surface area contributed by atoms with E-state index in [0.29, 0.717) is 11.1 Å². The van der Waals surface area contributed by atoms with Crippen molar-refractivity contribution in [3.05, 3.63) is 65.5 Å². The molecule has 2 aromatic rings. The summed E-state index contributed by atoms with van der Waals surface area (Å²) in [6.07, 6.45) is 3.13. The average molecular weight is 282 g/mol. The van der Waals surface area contributed by atoms with Crippen LogP contribution in [0.5, 0.6) is 0 Å². The second-order valence-electron chi connectivity index (χ2n) is 5.06. The van der Waals surface area contributed by atoms with Crippen LogP contribution in [-0.2, 0) is 0 Å². The van der Waals surface area contributed by atoms with Gasteiger partial charge in [0.05, 0.1) is 6.04 Å². The van der Waals surface area contributed by atoms with Crippen molar-refractivity contribution < 1.29 is 9.59 Å². The largest absolute Gasteiger partial charge is 0.332 e. The van der Waals surface area contributed by atoms with Crippen molar-refractivity contribution in [1.82, 2.24) is 9.88 Å². The lowest BCUT2D eigenvalue weighted by molar-refractivity contribution is 0.0675. The predicted octanol–water partition coefficient (Wildman–Crippen LogP) is 2.73. The van der Waals surface area contributed by atoms with E-state index in [-0.39, 0.29) is 11.7 Å². The smallest absolute Gasteiger partial charge is 0.254 e. The number of aryl methyl sites for hydroxylation is 1. The van der Waals surface area contributed by atoms with E-state index >= 15 is 0 Å². The molecule has 1 heterocycles. The fourth-order valence-corrected chi connectivity index (χ4v) is 2.01. The number of carbonyl (C=O) groups excluding carboxylic acids is 2. The number of aromatic nitrogens is 1. The van der Waals surface area contributed by atoms with Crippen LogP contribution in [0.4, 0.5) is 0 Å². The Balaban J connectivity index is 2.15. The summed E-state index contributed by atoms with van der Waals surface area (Å²) >= 11 is 0. The Morgan fingerprint density at radius 1 is 1.00 bits per heavy atom. The van der Waals surface area contributed by atoms with Crippen molar-refractivity contribution in [2.45, 2.75) is 19.9 Å². The second kappa shape index (κ2) is 6.31. The van der Waals surface area contributed by atoms with Crippen molar-refractivity contribution in [2.24, 2.45) is 0 Å². The number of hydrogen-bond donors (Lipinski definition) is 0. The van der Waals surface area contributed by atoms with Crippen molar-refractivity contribution in [3.8, 4) is 0 Å². The topological polar surface area (TPSA) is 50.3 Å². The van der Waals surface area contributed by atoms with Crippen LogP contribution in [0.2, 0.25) is 0 Å². The van der Waals surface area contributed by atoms with Crippen LogP contribution in [0, 0.1) is 6.92 Å². The first-order valence-electron chi connectivity index (χ1n) is 6.79. The van der Waals surface area contributed by atoms with E-state index in [4.69, 9.17) is 0 Å². The molecule has 0 saturated heterocycles. The molecule has 0 aliphatic rings. The predicted molar refractivity (Wildman–Crippen MR) is 81.3 cm³/mol. The molecular weight excluding hydrogens is 264 g/mol. The number of likely N-dealkylation sites (N-methyl/N-ethyl adjacent to an activating group) is 1. The lowest BCUT2D eigenvalue weighted by Crippen LogP contribution is -2.40. The summed E-state index contributed by atoms with van der Waals surface area (Å²) in [7, 11) is 1.64. The fourth-order valence-electron chi connectivity index (χ4n) is 2.01. The SMILES string of the molecule is Cc1ccc(C(=O)C(C)N(C)C(=O)c2ccncc2)cc1. The fraction of sp³-hybridized carbons (Fsp3) is 0.235. The molecule has 0 radical (unpaired) electrons. The number of hydrogen-bond acceptors (Lipinski definition) is 3. The highest BCUT2D eigenvalue weighted by atomic mass is 16.2. The number of amides is 1. The number of pyridine rings is 1. The van der Waals surface area contributed by atoms with Crippen LogP contribution in [0.3, 0.4) is 0 Å². The molecule has 1 aromatic heterocycles. The van der Waals surface area contributed by atoms with Gasteiger partial charge < -0.3 is 4.90 Å². The molecule has 1 unspecified atom stereocenters. The quantitative estimate of drug-likeness (QED) is 0.810. The van der Waals surface area contributed by atoms with Gasteiger partial charge in [-0.2, -0.15) is 0 Å². The molecule has 0 aliphatic heterocycles. The number of benzene rings is 1. The molecule has 0 aliphatic carbocycles. The molecule has 2 rings (SSSR count). The number of rotatable bonds is 4. The summed E-state index contributed by atoms with van der Waals surface area (Å²) in [5.41, 5.74) is 2.24. The molecule has 21 heavy (non-hydrogen) atoms. The molecule has 1 aromatic carbocycles. The summed E-state index contributed by atoms with van der Waals surface area (Å²) < 4.78 is 0. The van der Waals surface area contributed by atoms with Crippen molar-refractivity contribution in [1.29, 1.82) is 0 Å². The van der Waals surface area contributed by atoms with Crippen LogP contribution in [-0.4, -0.2) is 34.7 Å². The lowest BCUT2D eigenvalue weighted by Gasteiger charge is -2.24. The molecule has 0 saturated carbocycles. The van der Waals surface area contributed by atoms with Crippen molar-refractivity contribution >= 4 is 11.7 Å². The van der Waals surface area contributed by atoms with E-state index in [9.17, 15) is 9.59 Å². The average Bonchev–Trinajstić information content (AvgIpc) is 2.53. The van der Waals surface area contributed by atoms with E-state index < -0.39 is 6.04 Å². The minimum absolute atomic E-state index is 0.0695. The monoisotopic (exact) mass is 282 g/mol. The van der Waals surface area contributed by atoms with Gasteiger partial charge in [-0.05, 0) is 26.0 Å². The van der Waals surface area contributed by atoms with Crippen LogP contribution in [0.15, 0.2) is 48.8 Å². The van der Waals surface area contributed by atoms with Gasteiger partial charge >= 0.3 is 0 Å². The highest BCUT2D eigenvalue weighted by molar-refractivity contribution is 6.03. The Morgan fingerprint density at radius 2 is 1.57 bits per heavy atom. The van der Waals surface area contributed by atoms with Gasteiger partial charge in [0.2, 0.25) is 0 Å². The maximum Gasteiger partial charge on any atom is 0.254 e. The minimum atomic E-state index is -0.520. The molecular formula is C17H18N2O2.